The third-order valence-electron chi connectivity index (χ3n) is 2.61. The molecule has 1 aliphatic carbocycles. The van der Waals surface area contributed by atoms with Gasteiger partial charge in [0.25, 0.3) is 0 Å². The van der Waals surface area contributed by atoms with Gasteiger partial charge in [0, 0.05) is 12.1 Å². The van der Waals surface area contributed by atoms with E-state index in [1.165, 1.54) is 12.8 Å². The largest absolute Gasteiger partial charge is 0.350 e. The van der Waals surface area contributed by atoms with Gasteiger partial charge in [-0.1, -0.05) is 18.9 Å². The fourth-order valence-corrected chi connectivity index (χ4v) is 1.85. The van der Waals surface area contributed by atoms with Crippen LogP contribution < -0.4 is 5.32 Å². The van der Waals surface area contributed by atoms with Crippen molar-refractivity contribution < 1.29 is 4.79 Å². The Kier molecular flexibility index (Phi) is 3.52. The normalized spacial score (nSPS) is 27.0. The third kappa shape index (κ3) is 3.21. The number of rotatable bonds is 2. The number of hydrogen-bond acceptors (Lipinski definition) is 1. The van der Waals surface area contributed by atoms with Crippen molar-refractivity contribution in [2.24, 2.45) is 5.92 Å². The first-order valence-electron chi connectivity index (χ1n) is 5.05. The maximum absolute atomic E-state index is 11.4. The van der Waals surface area contributed by atoms with Crippen LogP contribution in [0.2, 0.25) is 0 Å². The molecule has 0 heterocycles. The van der Waals surface area contributed by atoms with Gasteiger partial charge < -0.3 is 5.32 Å². The zero-order chi connectivity index (χ0) is 9.84. The smallest absolute Gasteiger partial charge is 0.244 e. The topological polar surface area (TPSA) is 29.1 Å². The molecule has 1 saturated carbocycles. The number of hydrogen-bond donors (Lipinski definition) is 1. The standard InChI is InChI=1S/C11H19NO/c1-8(2)7-11(13)12-10-6-4-5-9(10)3/h7,9-10H,4-6H2,1-3H3,(H,12,13). The highest BCUT2D eigenvalue weighted by Gasteiger charge is 2.23. The first kappa shape index (κ1) is 10.3. The minimum atomic E-state index is 0.0683. The molecular weight excluding hydrogens is 162 g/mol. The van der Waals surface area contributed by atoms with E-state index in [1.807, 2.05) is 13.8 Å². The molecule has 0 aliphatic heterocycles. The molecule has 0 aromatic carbocycles. The van der Waals surface area contributed by atoms with E-state index in [1.54, 1.807) is 6.08 Å². The predicted molar refractivity (Wildman–Crippen MR) is 54.4 cm³/mol. The van der Waals surface area contributed by atoms with Crippen LogP contribution in [0.4, 0.5) is 0 Å². The predicted octanol–water partition coefficient (Wildman–Crippen LogP) is 2.26. The second kappa shape index (κ2) is 4.45. The van der Waals surface area contributed by atoms with Gasteiger partial charge in [-0.2, -0.15) is 0 Å². The molecule has 0 spiro atoms. The van der Waals surface area contributed by atoms with Crippen LogP contribution in [0.5, 0.6) is 0 Å². The van der Waals surface area contributed by atoms with Crippen molar-refractivity contribution >= 4 is 5.91 Å². The summed E-state index contributed by atoms with van der Waals surface area (Å²) in [5, 5.41) is 3.04. The minimum absolute atomic E-state index is 0.0683. The Hall–Kier alpha value is -0.790. The van der Waals surface area contributed by atoms with E-state index in [4.69, 9.17) is 0 Å². The van der Waals surface area contributed by atoms with Gasteiger partial charge in [0.05, 0.1) is 0 Å². The molecule has 0 saturated heterocycles. The summed E-state index contributed by atoms with van der Waals surface area (Å²) in [4.78, 5) is 11.4. The summed E-state index contributed by atoms with van der Waals surface area (Å²) in [5.74, 6) is 0.716. The van der Waals surface area contributed by atoms with Gasteiger partial charge in [0.1, 0.15) is 0 Å². The van der Waals surface area contributed by atoms with Gasteiger partial charge >= 0.3 is 0 Å². The molecule has 2 unspecified atom stereocenters. The van der Waals surface area contributed by atoms with Gasteiger partial charge in [0.2, 0.25) is 5.91 Å². The van der Waals surface area contributed by atoms with Gasteiger partial charge in [0.15, 0.2) is 0 Å². The lowest BCUT2D eigenvalue weighted by Crippen LogP contribution is -2.35. The Morgan fingerprint density at radius 1 is 1.38 bits per heavy atom. The summed E-state index contributed by atoms with van der Waals surface area (Å²) in [6, 6.07) is 0.406. The number of allylic oxidation sites excluding steroid dienone is 1. The summed E-state index contributed by atoms with van der Waals surface area (Å²) < 4.78 is 0. The molecule has 1 fully saturated rings. The second-order valence-corrected chi connectivity index (χ2v) is 4.24. The van der Waals surface area contributed by atoms with Crippen LogP contribution in [0.25, 0.3) is 0 Å². The van der Waals surface area contributed by atoms with Crippen molar-refractivity contribution in [2.45, 2.75) is 46.1 Å². The molecule has 1 amide bonds. The van der Waals surface area contributed by atoms with Gasteiger partial charge in [-0.15, -0.1) is 0 Å². The third-order valence-corrected chi connectivity index (χ3v) is 2.61. The average molecular weight is 181 g/mol. The van der Waals surface area contributed by atoms with Gasteiger partial charge in [-0.3, -0.25) is 4.79 Å². The molecule has 2 heteroatoms. The first-order chi connectivity index (χ1) is 6.09. The zero-order valence-corrected chi connectivity index (χ0v) is 8.76. The Balaban J connectivity index is 2.40. The molecule has 0 bridgehead atoms. The molecule has 74 valence electrons. The zero-order valence-electron chi connectivity index (χ0n) is 8.76. The minimum Gasteiger partial charge on any atom is -0.350 e. The van der Waals surface area contributed by atoms with E-state index in [-0.39, 0.29) is 5.91 Å². The first-order valence-corrected chi connectivity index (χ1v) is 5.05. The Bertz CT molecular complexity index is 216. The van der Waals surface area contributed by atoms with E-state index in [0.29, 0.717) is 12.0 Å². The van der Waals surface area contributed by atoms with Crippen LogP contribution in [-0.2, 0) is 4.79 Å². The maximum atomic E-state index is 11.4. The van der Waals surface area contributed by atoms with Crippen LogP contribution in [0.1, 0.15) is 40.0 Å². The number of nitrogens with one attached hydrogen (secondary N) is 1. The van der Waals surface area contributed by atoms with Gasteiger partial charge in [-0.25, -0.2) is 0 Å². The van der Waals surface area contributed by atoms with E-state index in [2.05, 4.69) is 12.2 Å². The van der Waals surface area contributed by atoms with E-state index < -0.39 is 0 Å². The lowest BCUT2D eigenvalue weighted by Gasteiger charge is -2.15. The lowest BCUT2D eigenvalue weighted by molar-refractivity contribution is -0.117. The summed E-state index contributed by atoms with van der Waals surface area (Å²) >= 11 is 0. The van der Waals surface area contributed by atoms with Crippen molar-refractivity contribution in [3.63, 3.8) is 0 Å². The van der Waals surface area contributed by atoms with Gasteiger partial charge in [-0.05, 0) is 32.6 Å². The quantitative estimate of drug-likeness (QED) is 0.650. The second-order valence-electron chi connectivity index (χ2n) is 4.24. The molecule has 2 atom stereocenters. The average Bonchev–Trinajstić information content (AvgIpc) is 2.34. The van der Waals surface area contributed by atoms with Crippen molar-refractivity contribution in [3.8, 4) is 0 Å². The molecule has 1 N–H and O–H groups in total. The summed E-state index contributed by atoms with van der Waals surface area (Å²) in [6.07, 6.45) is 5.31. The van der Waals surface area contributed by atoms with E-state index >= 15 is 0 Å². The van der Waals surface area contributed by atoms with Crippen LogP contribution in [0.3, 0.4) is 0 Å². The lowest BCUT2D eigenvalue weighted by atomic mass is 10.1. The van der Waals surface area contributed by atoms with Crippen LogP contribution in [0, 0.1) is 5.92 Å². The highest BCUT2D eigenvalue weighted by atomic mass is 16.1. The molecule has 0 radical (unpaired) electrons. The summed E-state index contributed by atoms with van der Waals surface area (Å²) in [6.45, 7) is 6.09. The SMILES string of the molecule is CC(C)=CC(=O)NC1CCCC1C. The Labute approximate surface area is 80.4 Å². The maximum Gasteiger partial charge on any atom is 0.244 e. The van der Waals surface area contributed by atoms with Crippen LogP contribution in [0.15, 0.2) is 11.6 Å². The van der Waals surface area contributed by atoms with E-state index in [9.17, 15) is 4.79 Å². The number of amides is 1. The van der Waals surface area contributed by atoms with E-state index in [0.717, 1.165) is 12.0 Å². The van der Waals surface area contributed by atoms with Crippen molar-refractivity contribution in [2.75, 3.05) is 0 Å². The molecule has 0 aromatic rings. The molecular formula is C11H19NO. The molecule has 2 nitrogen and oxygen atoms in total. The fourth-order valence-electron chi connectivity index (χ4n) is 1.85. The van der Waals surface area contributed by atoms with Crippen molar-refractivity contribution in [3.05, 3.63) is 11.6 Å². The summed E-state index contributed by atoms with van der Waals surface area (Å²) in [5.41, 5.74) is 1.06. The number of carbonyl (C=O) groups excluding carboxylic acids is 1. The Morgan fingerprint density at radius 2 is 2.08 bits per heavy atom. The van der Waals surface area contributed by atoms with Crippen molar-refractivity contribution in [1.82, 2.24) is 5.32 Å². The van der Waals surface area contributed by atoms with Crippen LogP contribution in [-0.4, -0.2) is 11.9 Å². The number of carbonyl (C=O) groups is 1. The monoisotopic (exact) mass is 181 g/mol. The molecule has 0 aromatic heterocycles. The molecule has 1 aliphatic rings. The fraction of sp³-hybridized carbons (Fsp3) is 0.727. The highest BCUT2D eigenvalue weighted by Crippen LogP contribution is 2.24. The summed E-state index contributed by atoms with van der Waals surface area (Å²) in [7, 11) is 0. The Morgan fingerprint density at radius 3 is 2.54 bits per heavy atom. The highest BCUT2D eigenvalue weighted by molar-refractivity contribution is 5.88. The van der Waals surface area contributed by atoms with Crippen molar-refractivity contribution in [1.29, 1.82) is 0 Å². The molecule has 1 rings (SSSR count). The van der Waals surface area contributed by atoms with Crippen LogP contribution >= 0.6 is 0 Å². The molecule has 13 heavy (non-hydrogen) atoms.